The van der Waals surface area contributed by atoms with Crippen molar-refractivity contribution in [2.75, 3.05) is 26.7 Å². The molecule has 2 heterocycles. The molecule has 7 heteroatoms. The molecule has 0 bridgehead atoms. The van der Waals surface area contributed by atoms with Crippen LogP contribution in [0.15, 0.2) is 85.2 Å². The van der Waals surface area contributed by atoms with Crippen LogP contribution >= 0.6 is 0 Å². The lowest BCUT2D eigenvalue weighted by molar-refractivity contribution is -0.146. The topological polar surface area (TPSA) is 72.0 Å². The van der Waals surface area contributed by atoms with Crippen LogP contribution in [0.5, 0.6) is 0 Å². The highest BCUT2D eigenvalue weighted by molar-refractivity contribution is 5.88. The van der Waals surface area contributed by atoms with E-state index >= 15 is 0 Å². The van der Waals surface area contributed by atoms with Gasteiger partial charge in [-0.1, -0.05) is 66.7 Å². The van der Waals surface area contributed by atoms with E-state index in [2.05, 4.69) is 4.98 Å². The third-order valence-electron chi connectivity index (χ3n) is 5.83. The third kappa shape index (κ3) is 6.07. The minimum atomic E-state index is -0.784. The van der Waals surface area contributed by atoms with Gasteiger partial charge in [-0.15, -0.1) is 0 Å². The lowest BCUT2D eigenvalue weighted by Crippen LogP contribution is -2.42. The standard InChI is InChI=1S/C27H29N3O4/c1-33-26(23-12-6-3-7-13-23)27(32)30-18-24(34-20-21-9-4-2-5-10-21)17-29(25(31)19-30)16-22-11-8-14-28-15-22/h2-15,24,26H,16-20H2,1H3/t24-,26+/m0/s1. The van der Waals surface area contributed by atoms with Crippen molar-refractivity contribution in [3.05, 3.63) is 102 Å². The second kappa shape index (κ2) is 11.5. The maximum Gasteiger partial charge on any atom is 0.256 e. The summed E-state index contributed by atoms with van der Waals surface area (Å²) in [5.41, 5.74) is 2.71. The molecule has 7 nitrogen and oxygen atoms in total. The van der Waals surface area contributed by atoms with Crippen molar-refractivity contribution in [1.29, 1.82) is 0 Å². The Labute approximate surface area is 199 Å². The molecule has 0 saturated carbocycles. The molecule has 4 rings (SSSR count). The minimum absolute atomic E-state index is 0.0308. The minimum Gasteiger partial charge on any atom is -0.370 e. The maximum atomic E-state index is 13.5. The molecule has 2 aromatic carbocycles. The first kappa shape index (κ1) is 23.6. The van der Waals surface area contributed by atoms with Crippen molar-refractivity contribution in [2.45, 2.75) is 25.4 Å². The van der Waals surface area contributed by atoms with Crippen LogP contribution in [0.25, 0.3) is 0 Å². The number of ether oxygens (including phenoxy) is 2. The second-order valence-corrected chi connectivity index (χ2v) is 8.30. The molecule has 1 saturated heterocycles. The van der Waals surface area contributed by atoms with E-state index in [4.69, 9.17) is 9.47 Å². The number of hydrogen-bond acceptors (Lipinski definition) is 5. The number of rotatable bonds is 8. The Morgan fingerprint density at radius 2 is 1.71 bits per heavy atom. The quantitative estimate of drug-likeness (QED) is 0.517. The van der Waals surface area contributed by atoms with Crippen LogP contribution in [-0.4, -0.2) is 59.4 Å². The van der Waals surface area contributed by atoms with E-state index in [0.29, 0.717) is 26.2 Å². The summed E-state index contributed by atoms with van der Waals surface area (Å²) in [7, 11) is 1.51. The van der Waals surface area contributed by atoms with Gasteiger partial charge >= 0.3 is 0 Å². The van der Waals surface area contributed by atoms with Crippen LogP contribution in [0.1, 0.15) is 22.8 Å². The van der Waals surface area contributed by atoms with Gasteiger partial charge in [-0.25, -0.2) is 0 Å². The number of carbonyl (C=O) groups excluding carboxylic acids is 2. The number of aromatic nitrogens is 1. The van der Waals surface area contributed by atoms with Crippen molar-refractivity contribution in [1.82, 2.24) is 14.8 Å². The summed E-state index contributed by atoms with van der Waals surface area (Å²) in [6.45, 7) is 1.46. The summed E-state index contributed by atoms with van der Waals surface area (Å²) in [4.78, 5) is 34.1. The fourth-order valence-electron chi connectivity index (χ4n) is 4.08. The van der Waals surface area contributed by atoms with E-state index in [1.165, 1.54) is 7.11 Å². The average Bonchev–Trinajstić information content (AvgIpc) is 3.03. The number of methoxy groups -OCH3 is 1. The van der Waals surface area contributed by atoms with Crippen LogP contribution in [-0.2, 0) is 32.2 Å². The van der Waals surface area contributed by atoms with Gasteiger partial charge in [0.2, 0.25) is 5.91 Å². The molecular weight excluding hydrogens is 430 g/mol. The summed E-state index contributed by atoms with van der Waals surface area (Å²) in [6, 6.07) is 23.0. The van der Waals surface area contributed by atoms with Gasteiger partial charge in [0, 0.05) is 39.1 Å². The number of hydrogen-bond donors (Lipinski definition) is 0. The molecule has 1 aliphatic rings. The number of pyridine rings is 1. The summed E-state index contributed by atoms with van der Waals surface area (Å²) < 4.78 is 11.8. The molecule has 34 heavy (non-hydrogen) atoms. The first-order chi connectivity index (χ1) is 16.6. The lowest BCUT2D eigenvalue weighted by Gasteiger charge is -2.27. The molecule has 2 atom stereocenters. The smallest absolute Gasteiger partial charge is 0.256 e. The zero-order valence-corrected chi connectivity index (χ0v) is 19.2. The molecule has 176 valence electrons. The zero-order chi connectivity index (χ0) is 23.8. The highest BCUT2D eigenvalue weighted by Crippen LogP contribution is 2.22. The van der Waals surface area contributed by atoms with E-state index in [1.807, 2.05) is 72.8 Å². The van der Waals surface area contributed by atoms with Crippen molar-refractivity contribution in [2.24, 2.45) is 0 Å². The van der Waals surface area contributed by atoms with Gasteiger partial charge in [-0.3, -0.25) is 14.6 Å². The van der Waals surface area contributed by atoms with Crippen molar-refractivity contribution in [3.63, 3.8) is 0 Å². The van der Waals surface area contributed by atoms with E-state index in [1.54, 1.807) is 22.2 Å². The SMILES string of the molecule is CO[C@@H](C(=O)N1CC(=O)N(Cc2cccnc2)C[C@H](OCc2ccccc2)C1)c1ccccc1. The number of nitrogens with zero attached hydrogens (tertiary/aromatic N) is 3. The van der Waals surface area contributed by atoms with Crippen LogP contribution in [0.2, 0.25) is 0 Å². The first-order valence-electron chi connectivity index (χ1n) is 11.3. The highest BCUT2D eigenvalue weighted by Gasteiger charge is 2.34. The molecule has 1 aliphatic heterocycles. The third-order valence-corrected chi connectivity index (χ3v) is 5.83. The molecule has 0 unspecified atom stereocenters. The molecule has 1 aromatic heterocycles. The average molecular weight is 460 g/mol. The van der Waals surface area contributed by atoms with Gasteiger partial charge in [-0.05, 0) is 22.8 Å². The van der Waals surface area contributed by atoms with Gasteiger partial charge in [0.05, 0.1) is 19.3 Å². The summed E-state index contributed by atoms with van der Waals surface area (Å²) in [5, 5.41) is 0. The van der Waals surface area contributed by atoms with E-state index in [-0.39, 0.29) is 24.5 Å². The van der Waals surface area contributed by atoms with E-state index in [0.717, 1.165) is 16.7 Å². The Bertz CT molecular complexity index is 1060. The Morgan fingerprint density at radius 1 is 1.00 bits per heavy atom. The lowest BCUT2D eigenvalue weighted by atomic mass is 10.1. The number of carbonyl (C=O) groups is 2. The van der Waals surface area contributed by atoms with Crippen molar-refractivity contribution < 1.29 is 19.1 Å². The monoisotopic (exact) mass is 459 g/mol. The van der Waals surface area contributed by atoms with E-state index < -0.39 is 6.10 Å². The fourth-order valence-corrected chi connectivity index (χ4v) is 4.08. The van der Waals surface area contributed by atoms with Crippen molar-refractivity contribution in [3.8, 4) is 0 Å². The summed E-state index contributed by atoms with van der Waals surface area (Å²) in [5.74, 6) is -0.385. The maximum absolute atomic E-state index is 13.5. The number of benzene rings is 2. The second-order valence-electron chi connectivity index (χ2n) is 8.30. The van der Waals surface area contributed by atoms with Crippen LogP contribution in [0.3, 0.4) is 0 Å². The predicted molar refractivity (Wildman–Crippen MR) is 127 cm³/mol. The Morgan fingerprint density at radius 3 is 2.38 bits per heavy atom. The molecule has 0 radical (unpaired) electrons. The van der Waals surface area contributed by atoms with Gasteiger partial charge in [-0.2, -0.15) is 0 Å². The molecule has 3 aromatic rings. The van der Waals surface area contributed by atoms with Gasteiger partial charge in [0.1, 0.15) is 0 Å². The Kier molecular flexibility index (Phi) is 8.01. The molecular formula is C27H29N3O4. The van der Waals surface area contributed by atoms with Crippen LogP contribution in [0.4, 0.5) is 0 Å². The summed E-state index contributed by atoms with van der Waals surface area (Å²) in [6.07, 6.45) is 2.32. The molecule has 1 fully saturated rings. The Hall–Kier alpha value is -3.55. The normalized spacial score (nSPS) is 17.3. The molecule has 2 amide bonds. The largest absolute Gasteiger partial charge is 0.370 e. The predicted octanol–water partition coefficient (Wildman–Crippen LogP) is 3.23. The number of amides is 2. The molecule has 0 spiro atoms. The molecule has 0 aliphatic carbocycles. The van der Waals surface area contributed by atoms with Crippen LogP contribution < -0.4 is 0 Å². The fraction of sp³-hybridized carbons (Fsp3) is 0.296. The van der Waals surface area contributed by atoms with Gasteiger partial charge < -0.3 is 19.3 Å². The molecule has 0 N–H and O–H groups in total. The van der Waals surface area contributed by atoms with E-state index in [9.17, 15) is 9.59 Å². The zero-order valence-electron chi connectivity index (χ0n) is 19.2. The van der Waals surface area contributed by atoms with Gasteiger partial charge in [0.25, 0.3) is 5.91 Å². The Balaban J connectivity index is 1.54. The van der Waals surface area contributed by atoms with Crippen LogP contribution in [0, 0.1) is 0 Å². The van der Waals surface area contributed by atoms with Gasteiger partial charge in [0.15, 0.2) is 6.10 Å². The first-order valence-corrected chi connectivity index (χ1v) is 11.3. The highest BCUT2D eigenvalue weighted by atomic mass is 16.5. The summed E-state index contributed by atoms with van der Waals surface area (Å²) >= 11 is 0. The van der Waals surface area contributed by atoms with Crippen molar-refractivity contribution >= 4 is 11.8 Å².